The molecular weight excluding hydrogens is 231 g/mol. The van der Waals surface area contributed by atoms with E-state index < -0.39 is 7.14 Å². The Bertz CT molecular complexity index is 458. The van der Waals surface area contributed by atoms with Crippen molar-refractivity contribution in [1.29, 1.82) is 0 Å². The van der Waals surface area contributed by atoms with Crippen LogP contribution in [0.1, 0.15) is 40.9 Å². The van der Waals surface area contributed by atoms with Crippen LogP contribution < -0.4 is 0 Å². The molecule has 17 heavy (non-hydrogen) atoms. The zero-order valence-corrected chi connectivity index (χ0v) is 12.2. The molecule has 0 aliphatic carbocycles. The Balaban J connectivity index is 3.36. The second-order valence-electron chi connectivity index (χ2n) is 4.60. The summed E-state index contributed by atoms with van der Waals surface area (Å²) in [7, 11) is -2.70. The van der Waals surface area contributed by atoms with Crippen LogP contribution in [0.25, 0.3) is 0 Å². The molecular formula is C14H21O2P. The highest BCUT2D eigenvalue weighted by molar-refractivity contribution is 7.81. The van der Waals surface area contributed by atoms with Crippen molar-refractivity contribution in [1.82, 2.24) is 0 Å². The second kappa shape index (κ2) is 5.18. The first-order chi connectivity index (χ1) is 7.85. The van der Waals surface area contributed by atoms with Crippen LogP contribution in [0.5, 0.6) is 0 Å². The van der Waals surface area contributed by atoms with Gasteiger partial charge in [-0.05, 0) is 31.9 Å². The Kier molecular flexibility index (Phi) is 4.32. The van der Waals surface area contributed by atoms with Crippen LogP contribution in [0.2, 0.25) is 0 Å². The molecule has 0 aliphatic heterocycles. The van der Waals surface area contributed by atoms with Gasteiger partial charge in [-0.15, -0.1) is 0 Å². The number of aryl methyl sites for hydroxylation is 3. The average Bonchev–Trinajstić information content (AvgIpc) is 2.26. The van der Waals surface area contributed by atoms with Crippen LogP contribution in [-0.2, 0) is 4.57 Å². The van der Waals surface area contributed by atoms with E-state index in [2.05, 4.69) is 0 Å². The third-order valence-electron chi connectivity index (χ3n) is 3.28. The lowest BCUT2D eigenvalue weighted by Gasteiger charge is -2.16. The maximum atomic E-state index is 12.5. The Morgan fingerprint density at radius 2 is 1.47 bits per heavy atom. The molecule has 0 fully saturated rings. The number of hydrogen-bond acceptors (Lipinski definition) is 2. The molecule has 1 aromatic rings. The van der Waals surface area contributed by atoms with Gasteiger partial charge >= 0.3 is 0 Å². The maximum Gasteiger partial charge on any atom is 0.221 e. The highest BCUT2D eigenvalue weighted by Gasteiger charge is 2.30. The maximum absolute atomic E-state index is 12.5. The third-order valence-corrected chi connectivity index (χ3v) is 6.29. The molecule has 0 atom stereocenters. The van der Waals surface area contributed by atoms with Crippen LogP contribution >= 0.6 is 7.14 Å². The molecule has 1 aromatic carbocycles. The molecule has 0 aliphatic rings. The van der Waals surface area contributed by atoms with E-state index in [1.807, 2.05) is 46.8 Å². The zero-order chi connectivity index (χ0) is 13.2. The van der Waals surface area contributed by atoms with Crippen molar-refractivity contribution in [2.45, 2.75) is 34.6 Å². The van der Waals surface area contributed by atoms with Crippen LogP contribution in [-0.4, -0.2) is 17.8 Å². The molecule has 2 nitrogen and oxygen atoms in total. The summed E-state index contributed by atoms with van der Waals surface area (Å²) in [6.07, 6.45) is 0.907. The molecule has 0 unspecified atom stereocenters. The number of benzene rings is 1. The van der Waals surface area contributed by atoms with E-state index in [1.165, 1.54) is 0 Å². The minimum Gasteiger partial charge on any atom is -0.315 e. The van der Waals surface area contributed by atoms with Crippen molar-refractivity contribution in [2.75, 3.05) is 12.3 Å². The lowest BCUT2D eigenvalue weighted by atomic mass is 10.0. The fraction of sp³-hybridized carbons (Fsp3) is 0.500. The quantitative estimate of drug-likeness (QED) is 0.754. The predicted molar refractivity (Wildman–Crippen MR) is 73.7 cm³/mol. The Labute approximate surface area is 104 Å². The highest BCUT2D eigenvalue weighted by Crippen LogP contribution is 2.48. The van der Waals surface area contributed by atoms with Gasteiger partial charge in [-0.2, -0.15) is 0 Å². The fourth-order valence-electron chi connectivity index (χ4n) is 2.23. The Morgan fingerprint density at radius 1 is 1.06 bits per heavy atom. The SMILES string of the molecule is CCP(=O)(CC)C(=O)c1c(C)cc(C)cc1C. The summed E-state index contributed by atoms with van der Waals surface area (Å²) in [4.78, 5) is 12.4. The van der Waals surface area contributed by atoms with Gasteiger partial charge in [0.05, 0.1) is 0 Å². The number of rotatable bonds is 4. The number of hydrogen-bond donors (Lipinski definition) is 0. The lowest BCUT2D eigenvalue weighted by molar-refractivity contribution is 0.107. The molecule has 0 radical (unpaired) electrons. The first-order valence-electron chi connectivity index (χ1n) is 6.06. The van der Waals surface area contributed by atoms with Crippen LogP contribution in [0.4, 0.5) is 0 Å². The van der Waals surface area contributed by atoms with Gasteiger partial charge < -0.3 is 4.57 Å². The standard InChI is InChI=1S/C14H21O2P/c1-6-17(16,7-2)14(15)13-11(4)8-10(3)9-12(13)5/h8-9H,6-7H2,1-5H3. The van der Waals surface area contributed by atoms with Crippen molar-refractivity contribution < 1.29 is 9.36 Å². The summed E-state index contributed by atoms with van der Waals surface area (Å²) >= 11 is 0. The first-order valence-corrected chi connectivity index (χ1v) is 8.14. The van der Waals surface area contributed by atoms with Crippen molar-refractivity contribution in [2.24, 2.45) is 0 Å². The lowest BCUT2D eigenvalue weighted by Crippen LogP contribution is -2.09. The normalized spacial score (nSPS) is 11.6. The van der Waals surface area contributed by atoms with E-state index in [0.717, 1.165) is 16.7 Å². The number of carbonyl (C=O) groups excluding carboxylic acids is 1. The van der Waals surface area contributed by atoms with Gasteiger partial charge in [-0.3, -0.25) is 4.79 Å². The predicted octanol–water partition coefficient (Wildman–Crippen LogP) is 4.15. The largest absolute Gasteiger partial charge is 0.315 e. The van der Waals surface area contributed by atoms with Gasteiger partial charge in [0.25, 0.3) is 0 Å². The molecule has 94 valence electrons. The fourth-order valence-corrected chi connectivity index (χ4v) is 4.01. The molecule has 0 saturated heterocycles. The van der Waals surface area contributed by atoms with E-state index in [-0.39, 0.29) is 5.52 Å². The molecule has 0 amide bonds. The molecule has 3 heteroatoms. The summed E-state index contributed by atoms with van der Waals surface area (Å²) < 4.78 is 12.5. The molecule has 0 aromatic heterocycles. The van der Waals surface area contributed by atoms with E-state index in [0.29, 0.717) is 17.9 Å². The van der Waals surface area contributed by atoms with E-state index in [4.69, 9.17) is 0 Å². The van der Waals surface area contributed by atoms with Crippen molar-refractivity contribution in [3.05, 3.63) is 34.4 Å². The molecule has 0 heterocycles. The zero-order valence-electron chi connectivity index (χ0n) is 11.3. The summed E-state index contributed by atoms with van der Waals surface area (Å²) in [5.41, 5.74) is 3.55. The van der Waals surface area contributed by atoms with Crippen molar-refractivity contribution in [3.63, 3.8) is 0 Å². The van der Waals surface area contributed by atoms with Gasteiger partial charge in [0.15, 0.2) is 7.14 Å². The van der Waals surface area contributed by atoms with Crippen LogP contribution in [0, 0.1) is 20.8 Å². The van der Waals surface area contributed by atoms with E-state index >= 15 is 0 Å². The minimum atomic E-state index is -2.70. The monoisotopic (exact) mass is 252 g/mol. The molecule has 0 N–H and O–H groups in total. The smallest absolute Gasteiger partial charge is 0.221 e. The molecule has 0 spiro atoms. The Hall–Kier alpha value is -0.880. The molecule has 0 saturated carbocycles. The minimum absolute atomic E-state index is 0.141. The highest BCUT2D eigenvalue weighted by atomic mass is 31.2. The summed E-state index contributed by atoms with van der Waals surface area (Å²) in [6, 6.07) is 3.96. The van der Waals surface area contributed by atoms with E-state index in [9.17, 15) is 9.36 Å². The van der Waals surface area contributed by atoms with Gasteiger partial charge in [-0.25, -0.2) is 0 Å². The summed E-state index contributed by atoms with van der Waals surface area (Å²) in [5, 5.41) is 0. The van der Waals surface area contributed by atoms with Gasteiger partial charge in [0.1, 0.15) is 0 Å². The van der Waals surface area contributed by atoms with E-state index in [1.54, 1.807) is 0 Å². The summed E-state index contributed by atoms with van der Waals surface area (Å²) in [5.74, 6) is 0. The van der Waals surface area contributed by atoms with Crippen LogP contribution in [0.15, 0.2) is 12.1 Å². The average molecular weight is 252 g/mol. The van der Waals surface area contributed by atoms with Crippen LogP contribution in [0.3, 0.4) is 0 Å². The number of carbonyl (C=O) groups is 1. The first kappa shape index (κ1) is 14.2. The van der Waals surface area contributed by atoms with Gasteiger partial charge in [0, 0.05) is 17.9 Å². The van der Waals surface area contributed by atoms with Crippen molar-refractivity contribution >= 4 is 12.7 Å². The summed E-state index contributed by atoms with van der Waals surface area (Å²) in [6.45, 7) is 9.52. The molecule has 0 bridgehead atoms. The Morgan fingerprint density at radius 3 is 1.82 bits per heavy atom. The second-order valence-corrected chi connectivity index (χ2v) is 8.05. The van der Waals surface area contributed by atoms with Gasteiger partial charge in [0.2, 0.25) is 5.52 Å². The molecule has 1 rings (SSSR count). The third kappa shape index (κ3) is 2.69. The van der Waals surface area contributed by atoms with Crippen molar-refractivity contribution in [3.8, 4) is 0 Å². The topological polar surface area (TPSA) is 34.1 Å². The van der Waals surface area contributed by atoms with Gasteiger partial charge in [-0.1, -0.05) is 31.5 Å².